The molecule has 14 heavy (non-hydrogen) atoms. The van der Waals surface area contributed by atoms with E-state index in [1.165, 1.54) is 12.8 Å². The Bertz CT molecular complexity index is 357. The number of amides is 1. The summed E-state index contributed by atoms with van der Waals surface area (Å²) in [4.78, 5) is 11.0. The summed E-state index contributed by atoms with van der Waals surface area (Å²) in [6.45, 7) is 1.95. The monoisotopic (exact) mass is 213 g/mol. The van der Waals surface area contributed by atoms with Crippen LogP contribution in [-0.4, -0.2) is 21.6 Å². The van der Waals surface area contributed by atoms with Crippen LogP contribution < -0.4 is 5.32 Å². The van der Waals surface area contributed by atoms with Gasteiger partial charge in [-0.05, 0) is 19.8 Å². The van der Waals surface area contributed by atoms with Gasteiger partial charge in [0.25, 0.3) is 0 Å². The molecule has 1 saturated carbocycles. The molecular weight excluding hydrogens is 202 g/mol. The molecule has 0 aliphatic heterocycles. The maximum Gasteiger partial charge on any atom is 0.239 e. The van der Waals surface area contributed by atoms with Gasteiger partial charge >= 0.3 is 0 Å². The standard InChI is InChI=1S/C9H12ClN3O/c1-6-8(12-9(14)4-10)5-11-13(6)7-2-3-7/h5,7H,2-4H2,1H3,(H,12,14). The van der Waals surface area contributed by atoms with Crippen LogP contribution in [0.4, 0.5) is 5.69 Å². The molecule has 0 bridgehead atoms. The minimum absolute atomic E-state index is 0.0198. The molecule has 1 heterocycles. The summed E-state index contributed by atoms with van der Waals surface area (Å²) in [7, 11) is 0. The lowest BCUT2D eigenvalue weighted by atomic mass is 10.4. The third-order valence-corrected chi connectivity index (χ3v) is 2.58. The van der Waals surface area contributed by atoms with E-state index in [1.807, 2.05) is 11.6 Å². The molecule has 0 atom stereocenters. The molecule has 0 radical (unpaired) electrons. The molecule has 0 saturated heterocycles. The summed E-state index contributed by atoms with van der Waals surface area (Å²) < 4.78 is 1.96. The van der Waals surface area contributed by atoms with Gasteiger partial charge in [0, 0.05) is 0 Å². The van der Waals surface area contributed by atoms with Crippen LogP contribution in [-0.2, 0) is 4.79 Å². The van der Waals surface area contributed by atoms with Crippen molar-refractivity contribution in [3.8, 4) is 0 Å². The van der Waals surface area contributed by atoms with Crippen molar-refractivity contribution in [2.24, 2.45) is 0 Å². The minimum Gasteiger partial charge on any atom is -0.322 e. The van der Waals surface area contributed by atoms with Crippen molar-refractivity contribution >= 4 is 23.2 Å². The highest BCUT2D eigenvalue weighted by Crippen LogP contribution is 2.36. The lowest BCUT2D eigenvalue weighted by Crippen LogP contribution is -2.13. The number of aromatic nitrogens is 2. The van der Waals surface area contributed by atoms with E-state index in [2.05, 4.69) is 10.4 Å². The number of hydrogen-bond acceptors (Lipinski definition) is 2. The van der Waals surface area contributed by atoms with Crippen molar-refractivity contribution in [1.82, 2.24) is 9.78 Å². The second-order valence-electron chi connectivity index (χ2n) is 3.50. The van der Waals surface area contributed by atoms with Crippen molar-refractivity contribution in [3.05, 3.63) is 11.9 Å². The van der Waals surface area contributed by atoms with E-state index in [-0.39, 0.29) is 11.8 Å². The van der Waals surface area contributed by atoms with Crippen LogP contribution in [0.5, 0.6) is 0 Å². The fourth-order valence-corrected chi connectivity index (χ4v) is 1.48. The van der Waals surface area contributed by atoms with Gasteiger partial charge < -0.3 is 5.32 Å². The van der Waals surface area contributed by atoms with Crippen LogP contribution in [0.15, 0.2) is 6.20 Å². The molecule has 0 spiro atoms. The van der Waals surface area contributed by atoms with Gasteiger partial charge in [0.05, 0.1) is 23.6 Å². The third kappa shape index (κ3) is 1.75. The first-order valence-corrected chi connectivity index (χ1v) is 5.15. The van der Waals surface area contributed by atoms with Crippen LogP contribution in [0.3, 0.4) is 0 Å². The normalized spacial score (nSPS) is 15.6. The highest BCUT2D eigenvalue weighted by molar-refractivity contribution is 6.29. The summed E-state index contributed by atoms with van der Waals surface area (Å²) >= 11 is 5.40. The molecule has 1 aromatic heterocycles. The Labute approximate surface area is 87.2 Å². The number of carbonyl (C=O) groups excluding carboxylic acids is 1. The first-order valence-electron chi connectivity index (χ1n) is 4.62. The average molecular weight is 214 g/mol. The van der Waals surface area contributed by atoms with Crippen LogP contribution in [0.2, 0.25) is 0 Å². The van der Waals surface area contributed by atoms with Gasteiger partial charge in [-0.3, -0.25) is 9.48 Å². The Morgan fingerprint density at radius 1 is 1.79 bits per heavy atom. The number of anilines is 1. The van der Waals surface area contributed by atoms with E-state index in [0.717, 1.165) is 11.4 Å². The number of nitrogens with one attached hydrogen (secondary N) is 1. The molecule has 2 rings (SSSR count). The van der Waals surface area contributed by atoms with E-state index in [4.69, 9.17) is 11.6 Å². The number of carbonyl (C=O) groups is 1. The Hall–Kier alpha value is -1.03. The maximum atomic E-state index is 11.0. The smallest absolute Gasteiger partial charge is 0.239 e. The van der Waals surface area contributed by atoms with Crippen LogP contribution in [0.25, 0.3) is 0 Å². The zero-order chi connectivity index (χ0) is 10.1. The summed E-state index contributed by atoms with van der Waals surface area (Å²) in [5.74, 6) is -0.210. The van der Waals surface area contributed by atoms with Gasteiger partial charge in [-0.1, -0.05) is 0 Å². The van der Waals surface area contributed by atoms with Gasteiger partial charge in [-0.15, -0.1) is 11.6 Å². The Balaban J connectivity index is 2.14. The van der Waals surface area contributed by atoms with Crippen molar-refractivity contribution < 1.29 is 4.79 Å². The van der Waals surface area contributed by atoms with Gasteiger partial charge in [0.15, 0.2) is 0 Å². The Kier molecular flexibility index (Phi) is 2.46. The van der Waals surface area contributed by atoms with Crippen LogP contribution >= 0.6 is 11.6 Å². The molecule has 5 heteroatoms. The van der Waals surface area contributed by atoms with Crippen molar-refractivity contribution in [3.63, 3.8) is 0 Å². The first-order chi connectivity index (χ1) is 6.72. The highest BCUT2D eigenvalue weighted by atomic mass is 35.5. The second kappa shape index (κ2) is 3.61. The molecule has 1 fully saturated rings. The summed E-state index contributed by atoms with van der Waals surface area (Å²) in [5, 5.41) is 6.93. The highest BCUT2D eigenvalue weighted by Gasteiger charge is 2.26. The van der Waals surface area contributed by atoms with Gasteiger partial charge in [-0.25, -0.2) is 0 Å². The maximum absolute atomic E-state index is 11.0. The molecule has 1 amide bonds. The Morgan fingerprint density at radius 2 is 2.50 bits per heavy atom. The average Bonchev–Trinajstić information content (AvgIpc) is 2.95. The SMILES string of the molecule is Cc1c(NC(=O)CCl)cnn1C1CC1. The van der Waals surface area contributed by atoms with E-state index in [1.54, 1.807) is 6.20 Å². The second-order valence-corrected chi connectivity index (χ2v) is 3.77. The molecule has 1 aliphatic carbocycles. The number of halogens is 1. The van der Waals surface area contributed by atoms with Gasteiger partial charge in [0.1, 0.15) is 5.88 Å². The van der Waals surface area contributed by atoms with Crippen molar-refractivity contribution in [1.29, 1.82) is 0 Å². The zero-order valence-corrected chi connectivity index (χ0v) is 8.71. The number of nitrogens with zero attached hydrogens (tertiary/aromatic N) is 2. The lowest BCUT2D eigenvalue weighted by molar-refractivity contribution is -0.113. The fourth-order valence-electron chi connectivity index (χ4n) is 1.42. The molecule has 4 nitrogen and oxygen atoms in total. The van der Waals surface area contributed by atoms with Gasteiger partial charge in [-0.2, -0.15) is 5.10 Å². The molecule has 0 unspecified atom stereocenters. The van der Waals surface area contributed by atoms with E-state index in [9.17, 15) is 4.79 Å². The quantitative estimate of drug-likeness (QED) is 0.777. The van der Waals surface area contributed by atoms with Crippen molar-refractivity contribution in [2.75, 3.05) is 11.2 Å². The van der Waals surface area contributed by atoms with E-state index < -0.39 is 0 Å². The molecule has 1 N–H and O–H groups in total. The van der Waals surface area contributed by atoms with E-state index >= 15 is 0 Å². The molecule has 0 aromatic carbocycles. The third-order valence-electron chi connectivity index (χ3n) is 2.33. The first kappa shape index (κ1) is 9.52. The number of hydrogen-bond donors (Lipinski definition) is 1. The predicted octanol–water partition coefficient (Wildman–Crippen LogP) is 1.70. The topological polar surface area (TPSA) is 46.9 Å². The van der Waals surface area contributed by atoms with Crippen molar-refractivity contribution in [2.45, 2.75) is 25.8 Å². The fraction of sp³-hybridized carbons (Fsp3) is 0.556. The number of rotatable bonds is 3. The minimum atomic E-state index is -0.190. The molecule has 76 valence electrons. The largest absolute Gasteiger partial charge is 0.322 e. The summed E-state index contributed by atoms with van der Waals surface area (Å²) in [5.41, 5.74) is 1.77. The number of alkyl halides is 1. The predicted molar refractivity (Wildman–Crippen MR) is 54.6 cm³/mol. The molecular formula is C9H12ClN3O. The summed E-state index contributed by atoms with van der Waals surface area (Å²) in [6.07, 6.45) is 4.05. The van der Waals surface area contributed by atoms with Crippen LogP contribution in [0, 0.1) is 6.92 Å². The Morgan fingerprint density at radius 3 is 3.07 bits per heavy atom. The molecule has 1 aliphatic rings. The lowest BCUT2D eigenvalue weighted by Gasteiger charge is -2.03. The van der Waals surface area contributed by atoms with Crippen LogP contribution in [0.1, 0.15) is 24.6 Å². The molecule has 1 aromatic rings. The van der Waals surface area contributed by atoms with E-state index in [0.29, 0.717) is 6.04 Å². The zero-order valence-electron chi connectivity index (χ0n) is 7.96. The summed E-state index contributed by atoms with van der Waals surface area (Å²) in [6, 6.07) is 0.539. The van der Waals surface area contributed by atoms with Gasteiger partial charge in [0.2, 0.25) is 5.91 Å².